The Labute approximate surface area is 162 Å². The summed E-state index contributed by atoms with van der Waals surface area (Å²) < 4.78 is 5.95. The minimum absolute atomic E-state index is 0.204. The third-order valence-corrected chi connectivity index (χ3v) is 6.50. The molecule has 0 bridgehead atoms. The molecule has 26 heavy (non-hydrogen) atoms. The topological polar surface area (TPSA) is 24.9 Å². The Kier molecular flexibility index (Phi) is 5.34. The molecule has 2 unspecified atom stereocenters. The van der Waals surface area contributed by atoms with Gasteiger partial charge in [-0.2, -0.15) is 0 Å². The lowest BCUT2D eigenvalue weighted by molar-refractivity contribution is 0.563. The number of nitrogens with zero attached hydrogens (tertiary/aromatic N) is 1. The number of hydrogen-bond acceptors (Lipinski definition) is 4. The van der Waals surface area contributed by atoms with E-state index in [9.17, 15) is 0 Å². The van der Waals surface area contributed by atoms with Crippen LogP contribution in [0.3, 0.4) is 0 Å². The number of fused-ring (bicyclic) bond motifs is 1. The van der Waals surface area contributed by atoms with Gasteiger partial charge >= 0.3 is 0 Å². The normalized spacial score (nSPS) is 13.6. The summed E-state index contributed by atoms with van der Waals surface area (Å²) in [6.45, 7) is 2.28. The highest BCUT2D eigenvalue weighted by molar-refractivity contribution is 7.99. The molecule has 1 heterocycles. The molecule has 0 fully saturated rings. The van der Waals surface area contributed by atoms with Crippen molar-refractivity contribution in [2.24, 2.45) is 0 Å². The predicted molar refractivity (Wildman–Crippen MR) is 113 cm³/mol. The van der Waals surface area contributed by atoms with E-state index in [0.717, 1.165) is 9.86 Å². The molecule has 2 nitrogen and oxygen atoms in total. The van der Waals surface area contributed by atoms with Crippen molar-refractivity contribution in [3.05, 3.63) is 96.1 Å². The zero-order chi connectivity index (χ0) is 17.8. The number of nitrogens with one attached hydrogen (secondary N) is 1. The number of para-hydroxylation sites is 1. The Hall–Kier alpha value is -2.14. The van der Waals surface area contributed by atoms with E-state index in [-0.39, 0.29) is 6.04 Å². The van der Waals surface area contributed by atoms with Crippen molar-refractivity contribution >= 4 is 33.5 Å². The zero-order valence-corrected chi connectivity index (χ0v) is 16.1. The highest BCUT2D eigenvalue weighted by Crippen LogP contribution is 2.35. The van der Waals surface area contributed by atoms with Crippen molar-refractivity contribution in [2.75, 3.05) is 0 Å². The molecule has 0 saturated heterocycles. The van der Waals surface area contributed by atoms with Gasteiger partial charge in [0.15, 0.2) is 4.34 Å². The maximum Gasteiger partial charge on any atom is 0.166 e. The van der Waals surface area contributed by atoms with E-state index >= 15 is 0 Å². The van der Waals surface area contributed by atoms with Crippen molar-refractivity contribution < 1.29 is 0 Å². The van der Waals surface area contributed by atoms with Gasteiger partial charge in [-0.25, -0.2) is 9.71 Å². The maximum absolute atomic E-state index is 4.73. The van der Waals surface area contributed by atoms with Crippen molar-refractivity contribution in [2.45, 2.75) is 23.2 Å². The summed E-state index contributed by atoms with van der Waals surface area (Å²) in [5.41, 5.74) is 3.69. The number of rotatable bonds is 6. The fraction of sp³-hybridized carbons (Fsp3) is 0.136. The molecule has 0 aliphatic heterocycles. The van der Waals surface area contributed by atoms with Crippen LogP contribution in [-0.4, -0.2) is 4.98 Å². The monoisotopic (exact) mass is 376 g/mol. The summed E-state index contributed by atoms with van der Waals surface area (Å²) >= 11 is 3.36. The van der Waals surface area contributed by atoms with Gasteiger partial charge in [0.1, 0.15) is 0 Å². The largest absolute Gasteiger partial charge is 0.250 e. The molecule has 4 aromatic rings. The first-order valence-electron chi connectivity index (χ1n) is 8.69. The van der Waals surface area contributed by atoms with Crippen LogP contribution in [0.1, 0.15) is 30.0 Å². The second kappa shape index (κ2) is 8.04. The molecular weight excluding hydrogens is 356 g/mol. The van der Waals surface area contributed by atoms with Crippen molar-refractivity contribution in [3.8, 4) is 0 Å². The molecule has 4 rings (SSSR count). The van der Waals surface area contributed by atoms with Gasteiger partial charge in [0, 0.05) is 12.0 Å². The van der Waals surface area contributed by atoms with Crippen LogP contribution < -0.4 is 4.72 Å². The first kappa shape index (κ1) is 17.3. The van der Waals surface area contributed by atoms with Crippen LogP contribution in [0, 0.1) is 0 Å². The number of benzene rings is 3. The molecule has 4 heteroatoms. The van der Waals surface area contributed by atoms with Gasteiger partial charge in [-0.05, 0) is 35.2 Å². The lowest BCUT2D eigenvalue weighted by Gasteiger charge is -2.25. The summed E-state index contributed by atoms with van der Waals surface area (Å²) in [6.07, 6.45) is 0. The smallest absolute Gasteiger partial charge is 0.166 e. The third-order valence-electron chi connectivity index (χ3n) is 4.53. The minimum Gasteiger partial charge on any atom is -0.250 e. The van der Waals surface area contributed by atoms with Crippen molar-refractivity contribution in [1.29, 1.82) is 0 Å². The second-order valence-electron chi connectivity index (χ2n) is 6.26. The molecule has 3 aromatic carbocycles. The van der Waals surface area contributed by atoms with Crippen LogP contribution in [-0.2, 0) is 0 Å². The molecule has 1 aromatic heterocycles. The molecule has 0 amide bonds. The van der Waals surface area contributed by atoms with Crippen LogP contribution in [0.2, 0.25) is 0 Å². The maximum atomic E-state index is 4.73. The number of thiazole rings is 1. The van der Waals surface area contributed by atoms with Gasteiger partial charge < -0.3 is 0 Å². The highest BCUT2D eigenvalue weighted by Gasteiger charge is 2.21. The molecule has 0 spiro atoms. The lowest BCUT2D eigenvalue weighted by Crippen LogP contribution is -2.20. The summed E-state index contributed by atoms with van der Waals surface area (Å²) in [5.74, 6) is 0.348. The average Bonchev–Trinajstić information content (AvgIpc) is 3.12. The molecular formula is C22H20N2S2. The van der Waals surface area contributed by atoms with Crippen LogP contribution in [0.15, 0.2) is 89.3 Å². The fourth-order valence-electron chi connectivity index (χ4n) is 3.08. The summed E-state index contributed by atoms with van der Waals surface area (Å²) in [7, 11) is 0. The lowest BCUT2D eigenvalue weighted by atomic mass is 9.89. The van der Waals surface area contributed by atoms with E-state index in [0.29, 0.717) is 5.92 Å². The van der Waals surface area contributed by atoms with Gasteiger partial charge in [-0.3, -0.25) is 0 Å². The van der Waals surface area contributed by atoms with E-state index < -0.39 is 0 Å². The number of hydrogen-bond donors (Lipinski definition) is 1. The molecule has 1 N–H and O–H groups in total. The molecule has 0 aliphatic carbocycles. The minimum atomic E-state index is 0.204. The van der Waals surface area contributed by atoms with E-state index in [1.165, 1.54) is 15.8 Å². The van der Waals surface area contributed by atoms with E-state index in [1.54, 1.807) is 23.3 Å². The first-order valence-corrected chi connectivity index (χ1v) is 10.3. The molecule has 0 radical (unpaired) electrons. The van der Waals surface area contributed by atoms with Gasteiger partial charge in [0.2, 0.25) is 0 Å². The van der Waals surface area contributed by atoms with Gasteiger partial charge in [-0.1, -0.05) is 79.7 Å². The Morgan fingerprint density at radius 2 is 1.42 bits per heavy atom. The van der Waals surface area contributed by atoms with E-state index in [2.05, 4.69) is 90.5 Å². The second-order valence-corrected chi connectivity index (χ2v) is 8.37. The summed E-state index contributed by atoms with van der Waals surface area (Å²) in [6, 6.07) is 29.8. The van der Waals surface area contributed by atoms with Gasteiger partial charge in [0.25, 0.3) is 0 Å². The standard InChI is InChI=1S/C22H20N2S2/c1-16(17-10-4-2-5-11-17)21(18-12-6-3-7-13-18)24-26-22-23-19-14-8-9-15-20(19)25-22/h2-16,21,24H,1H3. The Bertz CT molecular complexity index is 934. The summed E-state index contributed by atoms with van der Waals surface area (Å²) in [5, 5.41) is 0. The summed E-state index contributed by atoms with van der Waals surface area (Å²) in [4.78, 5) is 4.73. The van der Waals surface area contributed by atoms with Crippen LogP contribution in [0.25, 0.3) is 10.2 Å². The van der Waals surface area contributed by atoms with E-state index in [1.807, 2.05) is 6.07 Å². The van der Waals surface area contributed by atoms with Gasteiger partial charge in [0.05, 0.1) is 10.2 Å². The Morgan fingerprint density at radius 3 is 2.12 bits per heavy atom. The molecule has 130 valence electrons. The Morgan fingerprint density at radius 1 is 0.808 bits per heavy atom. The molecule has 0 saturated carbocycles. The van der Waals surface area contributed by atoms with Gasteiger partial charge in [-0.15, -0.1) is 11.3 Å². The Balaban J connectivity index is 1.58. The zero-order valence-electron chi connectivity index (χ0n) is 14.5. The molecule has 0 aliphatic rings. The van der Waals surface area contributed by atoms with Crippen LogP contribution in [0.5, 0.6) is 0 Å². The highest BCUT2D eigenvalue weighted by atomic mass is 32.2. The first-order chi connectivity index (χ1) is 12.8. The van der Waals surface area contributed by atoms with Crippen LogP contribution >= 0.6 is 23.3 Å². The van der Waals surface area contributed by atoms with Crippen molar-refractivity contribution in [3.63, 3.8) is 0 Å². The number of aromatic nitrogens is 1. The molecule has 2 atom stereocenters. The van der Waals surface area contributed by atoms with E-state index in [4.69, 9.17) is 4.98 Å². The predicted octanol–water partition coefficient (Wildman–Crippen LogP) is 6.44. The van der Waals surface area contributed by atoms with Crippen LogP contribution in [0.4, 0.5) is 0 Å². The average molecular weight is 377 g/mol. The third kappa shape index (κ3) is 3.83. The fourth-order valence-corrected chi connectivity index (χ4v) is 5.07. The quantitative estimate of drug-likeness (QED) is 0.392. The van der Waals surface area contributed by atoms with Crippen molar-refractivity contribution in [1.82, 2.24) is 9.71 Å². The SMILES string of the molecule is CC(c1ccccc1)C(NSc1nc2ccccc2s1)c1ccccc1.